The van der Waals surface area contributed by atoms with Gasteiger partial charge in [-0.1, -0.05) is 6.42 Å². The van der Waals surface area contributed by atoms with E-state index in [0.29, 0.717) is 0 Å². The van der Waals surface area contributed by atoms with Crippen molar-refractivity contribution in [1.82, 2.24) is 0 Å². The normalized spacial score (nSPS) is 17.9. The highest BCUT2D eigenvalue weighted by Gasteiger charge is 2.14. The number of ether oxygens (including phenoxy) is 2. The topological polar surface area (TPSA) is 18.5 Å². The molecule has 0 aromatic carbocycles. The fourth-order valence-corrected chi connectivity index (χ4v) is 1.29. The molecule has 2 heteroatoms. The fraction of sp³-hybridized carbons (Fsp3) is 0.800. The van der Waals surface area contributed by atoms with Crippen molar-refractivity contribution in [2.24, 2.45) is 0 Å². The Morgan fingerprint density at radius 2 is 1.92 bits per heavy atom. The van der Waals surface area contributed by atoms with Gasteiger partial charge in [0.1, 0.15) is 0 Å². The molecule has 1 aliphatic heterocycles. The molecule has 0 radical (unpaired) electrons. The second-order valence-electron chi connectivity index (χ2n) is 2.97. The van der Waals surface area contributed by atoms with Crippen LogP contribution in [0.1, 0.15) is 32.1 Å². The summed E-state index contributed by atoms with van der Waals surface area (Å²) in [6.45, 7) is 1.52. The van der Waals surface area contributed by atoms with Gasteiger partial charge in [-0.05, 0) is 19.3 Å². The fourth-order valence-electron chi connectivity index (χ4n) is 1.29. The Bertz CT molecular complexity index is 142. The van der Waals surface area contributed by atoms with Crippen LogP contribution < -0.4 is 0 Å². The van der Waals surface area contributed by atoms with E-state index >= 15 is 0 Å². The first-order valence-electron chi connectivity index (χ1n) is 4.60. The number of hydrogen-bond acceptors (Lipinski definition) is 2. The smallest absolute Gasteiger partial charge is 0.157 e. The predicted molar refractivity (Wildman–Crippen MR) is 47.6 cm³/mol. The van der Waals surface area contributed by atoms with E-state index in [1.807, 2.05) is 0 Å². The summed E-state index contributed by atoms with van der Waals surface area (Å²) < 4.78 is 10.6. The van der Waals surface area contributed by atoms with Gasteiger partial charge in [-0.15, -0.1) is 12.3 Å². The lowest BCUT2D eigenvalue weighted by molar-refractivity contribution is -0.0479. The molecule has 12 heavy (non-hydrogen) atoms. The van der Waals surface area contributed by atoms with Gasteiger partial charge in [-0.3, -0.25) is 0 Å². The van der Waals surface area contributed by atoms with E-state index in [4.69, 9.17) is 15.9 Å². The van der Waals surface area contributed by atoms with Gasteiger partial charge in [0.2, 0.25) is 0 Å². The maximum Gasteiger partial charge on any atom is 0.157 e. The van der Waals surface area contributed by atoms with Crippen molar-refractivity contribution in [1.29, 1.82) is 0 Å². The summed E-state index contributed by atoms with van der Waals surface area (Å²) in [5.74, 6) is 2.63. The molecule has 0 spiro atoms. The van der Waals surface area contributed by atoms with Gasteiger partial charge in [-0.2, -0.15) is 0 Å². The molecule has 0 N–H and O–H groups in total. The summed E-state index contributed by atoms with van der Waals surface area (Å²) in [6, 6.07) is 0. The summed E-state index contributed by atoms with van der Waals surface area (Å²) in [7, 11) is 0. The summed E-state index contributed by atoms with van der Waals surface area (Å²) in [5.41, 5.74) is 0. The average molecular weight is 168 g/mol. The van der Waals surface area contributed by atoms with Gasteiger partial charge in [-0.25, -0.2) is 0 Å². The van der Waals surface area contributed by atoms with E-state index in [1.165, 1.54) is 6.42 Å². The van der Waals surface area contributed by atoms with Gasteiger partial charge >= 0.3 is 0 Å². The molecule has 68 valence electrons. The molecule has 1 saturated heterocycles. The first-order chi connectivity index (χ1) is 5.93. The lowest BCUT2D eigenvalue weighted by atomic mass is 10.1. The Morgan fingerprint density at radius 3 is 2.58 bits per heavy atom. The molecular weight excluding hydrogens is 152 g/mol. The minimum Gasteiger partial charge on any atom is -0.350 e. The lowest BCUT2D eigenvalue weighted by Gasteiger charge is -2.07. The third-order valence-corrected chi connectivity index (χ3v) is 1.95. The Kier molecular flexibility index (Phi) is 4.82. The van der Waals surface area contributed by atoms with E-state index in [9.17, 15) is 0 Å². The molecule has 0 bridgehead atoms. The Hall–Kier alpha value is -0.520. The predicted octanol–water partition coefficient (Wildman–Crippen LogP) is 1.94. The molecule has 1 aliphatic rings. The van der Waals surface area contributed by atoms with E-state index in [-0.39, 0.29) is 6.29 Å². The Morgan fingerprint density at radius 1 is 1.17 bits per heavy atom. The molecule has 0 unspecified atom stereocenters. The number of rotatable bonds is 5. The summed E-state index contributed by atoms with van der Waals surface area (Å²) in [5, 5.41) is 0. The number of terminal acetylenes is 1. The maximum atomic E-state index is 5.30. The first-order valence-corrected chi connectivity index (χ1v) is 4.60. The second-order valence-corrected chi connectivity index (χ2v) is 2.97. The van der Waals surface area contributed by atoms with Gasteiger partial charge in [0.25, 0.3) is 0 Å². The molecule has 1 heterocycles. The molecule has 0 amide bonds. The van der Waals surface area contributed by atoms with Crippen LogP contribution in [0.3, 0.4) is 0 Å². The summed E-state index contributed by atoms with van der Waals surface area (Å²) >= 11 is 0. The van der Waals surface area contributed by atoms with Crippen molar-refractivity contribution in [2.75, 3.05) is 13.2 Å². The molecule has 0 atom stereocenters. The Balaban J connectivity index is 1.85. The van der Waals surface area contributed by atoms with Gasteiger partial charge in [0.05, 0.1) is 13.2 Å². The highest BCUT2D eigenvalue weighted by Crippen LogP contribution is 2.12. The number of hydrogen-bond donors (Lipinski definition) is 0. The maximum absolute atomic E-state index is 5.30. The highest BCUT2D eigenvalue weighted by atomic mass is 16.7. The van der Waals surface area contributed by atoms with Gasteiger partial charge in [0, 0.05) is 6.42 Å². The molecule has 1 fully saturated rings. The first kappa shape index (κ1) is 9.57. The van der Waals surface area contributed by atoms with Crippen LogP contribution in [0.15, 0.2) is 0 Å². The average Bonchev–Trinajstić information content (AvgIpc) is 2.57. The zero-order chi connectivity index (χ0) is 8.65. The van der Waals surface area contributed by atoms with Crippen LogP contribution in [0.2, 0.25) is 0 Å². The second kappa shape index (κ2) is 6.05. The van der Waals surface area contributed by atoms with Crippen LogP contribution in [-0.4, -0.2) is 19.5 Å². The van der Waals surface area contributed by atoms with Crippen molar-refractivity contribution in [2.45, 2.75) is 38.4 Å². The van der Waals surface area contributed by atoms with Crippen LogP contribution in [0.25, 0.3) is 0 Å². The van der Waals surface area contributed by atoms with Crippen LogP contribution in [0.4, 0.5) is 0 Å². The molecule has 0 aliphatic carbocycles. The largest absolute Gasteiger partial charge is 0.350 e. The van der Waals surface area contributed by atoms with Crippen molar-refractivity contribution in [3.05, 3.63) is 0 Å². The third-order valence-electron chi connectivity index (χ3n) is 1.95. The molecular formula is C10H16O2. The van der Waals surface area contributed by atoms with Crippen molar-refractivity contribution < 1.29 is 9.47 Å². The van der Waals surface area contributed by atoms with Crippen LogP contribution in [0.5, 0.6) is 0 Å². The highest BCUT2D eigenvalue weighted by molar-refractivity contribution is 4.82. The zero-order valence-electron chi connectivity index (χ0n) is 7.42. The van der Waals surface area contributed by atoms with Crippen LogP contribution >= 0.6 is 0 Å². The lowest BCUT2D eigenvalue weighted by Crippen LogP contribution is -2.06. The molecule has 0 aromatic heterocycles. The van der Waals surface area contributed by atoms with E-state index in [2.05, 4.69) is 5.92 Å². The standard InChI is InChI=1S/C10H16O2/c1-2-3-4-5-6-7-10-11-8-9-12-10/h1,10H,3-9H2. The molecule has 0 aromatic rings. The van der Waals surface area contributed by atoms with E-state index < -0.39 is 0 Å². The van der Waals surface area contributed by atoms with Crippen molar-refractivity contribution in [3.63, 3.8) is 0 Å². The number of unbranched alkanes of at least 4 members (excludes halogenated alkanes) is 3. The van der Waals surface area contributed by atoms with Crippen molar-refractivity contribution in [3.8, 4) is 12.3 Å². The summed E-state index contributed by atoms with van der Waals surface area (Å²) in [6.07, 6.45) is 10.6. The minimum atomic E-state index is 0.0656. The minimum absolute atomic E-state index is 0.0656. The molecule has 1 rings (SSSR count). The van der Waals surface area contributed by atoms with Gasteiger partial charge < -0.3 is 9.47 Å². The van der Waals surface area contributed by atoms with Crippen LogP contribution in [-0.2, 0) is 9.47 Å². The molecule has 2 nitrogen and oxygen atoms in total. The SMILES string of the molecule is C#CCCCCCC1OCCO1. The summed E-state index contributed by atoms with van der Waals surface area (Å²) in [4.78, 5) is 0. The van der Waals surface area contributed by atoms with E-state index in [0.717, 1.165) is 38.9 Å². The van der Waals surface area contributed by atoms with E-state index in [1.54, 1.807) is 0 Å². The Labute approximate surface area is 74.2 Å². The quantitative estimate of drug-likeness (QED) is 0.461. The third kappa shape index (κ3) is 3.75. The zero-order valence-corrected chi connectivity index (χ0v) is 7.42. The monoisotopic (exact) mass is 168 g/mol. The van der Waals surface area contributed by atoms with Crippen LogP contribution in [0, 0.1) is 12.3 Å². The molecule has 0 saturated carbocycles. The van der Waals surface area contributed by atoms with Crippen molar-refractivity contribution >= 4 is 0 Å². The van der Waals surface area contributed by atoms with Gasteiger partial charge in [0.15, 0.2) is 6.29 Å².